The second-order valence-corrected chi connectivity index (χ2v) is 4.40. The molecule has 2 aliphatic rings. The van der Waals surface area contributed by atoms with Gasteiger partial charge in [0.25, 0.3) is 0 Å². The number of rotatable bonds is 2. The molecule has 1 heterocycles. The molecule has 3 unspecified atom stereocenters. The fourth-order valence-electron chi connectivity index (χ4n) is 2.13. The van der Waals surface area contributed by atoms with Crippen LogP contribution < -0.4 is 0 Å². The number of likely N-dealkylation sites (tertiary alicyclic amines) is 1. The highest BCUT2D eigenvalue weighted by Crippen LogP contribution is 2.37. The van der Waals surface area contributed by atoms with Gasteiger partial charge in [-0.1, -0.05) is 6.92 Å². The average Bonchev–Trinajstić information content (AvgIpc) is 2.83. The maximum absolute atomic E-state index is 11.5. The maximum atomic E-state index is 11.5. The summed E-state index contributed by atoms with van der Waals surface area (Å²) in [5.74, 6) is -0.417. The van der Waals surface area contributed by atoms with Crippen molar-refractivity contribution >= 4 is 11.9 Å². The number of amides is 1. The first-order chi connectivity index (χ1) is 6.59. The lowest BCUT2D eigenvalue weighted by Crippen LogP contribution is -2.44. The Balaban J connectivity index is 2.00. The van der Waals surface area contributed by atoms with Gasteiger partial charge in [-0.05, 0) is 18.8 Å². The molecule has 14 heavy (non-hydrogen) atoms. The molecule has 2 rings (SSSR count). The smallest absolute Gasteiger partial charge is 0.308 e. The SMILES string of the molecule is CC1CC1N1CC(C(=O)O)CCC1=O. The van der Waals surface area contributed by atoms with E-state index in [1.54, 1.807) is 4.90 Å². The predicted molar refractivity (Wildman–Crippen MR) is 49.6 cm³/mol. The maximum Gasteiger partial charge on any atom is 0.308 e. The van der Waals surface area contributed by atoms with Crippen molar-refractivity contribution in [2.75, 3.05) is 6.54 Å². The molecular formula is C10H15NO3. The minimum atomic E-state index is -0.768. The van der Waals surface area contributed by atoms with E-state index in [0.717, 1.165) is 6.42 Å². The van der Waals surface area contributed by atoms with Crippen LogP contribution in [-0.2, 0) is 9.59 Å². The van der Waals surface area contributed by atoms with Crippen LogP contribution in [0.3, 0.4) is 0 Å². The number of carboxylic acid groups (broad SMARTS) is 1. The summed E-state index contributed by atoms with van der Waals surface area (Å²) in [6.45, 7) is 2.52. The van der Waals surface area contributed by atoms with E-state index in [4.69, 9.17) is 5.11 Å². The number of piperidine rings is 1. The molecular weight excluding hydrogens is 182 g/mol. The van der Waals surface area contributed by atoms with Crippen LogP contribution >= 0.6 is 0 Å². The zero-order chi connectivity index (χ0) is 10.3. The molecule has 0 aromatic rings. The summed E-state index contributed by atoms with van der Waals surface area (Å²) < 4.78 is 0. The molecule has 4 nitrogen and oxygen atoms in total. The van der Waals surface area contributed by atoms with Crippen molar-refractivity contribution in [1.29, 1.82) is 0 Å². The number of aliphatic carboxylic acids is 1. The van der Waals surface area contributed by atoms with Crippen molar-refractivity contribution < 1.29 is 14.7 Å². The van der Waals surface area contributed by atoms with Gasteiger partial charge in [0.15, 0.2) is 0 Å². The normalized spacial score (nSPS) is 37.1. The van der Waals surface area contributed by atoms with Crippen LogP contribution in [0.5, 0.6) is 0 Å². The van der Waals surface area contributed by atoms with E-state index in [9.17, 15) is 9.59 Å². The molecule has 1 aliphatic heterocycles. The quantitative estimate of drug-likeness (QED) is 0.709. The predicted octanol–water partition coefficient (Wildman–Crippen LogP) is 0.718. The summed E-state index contributed by atoms with van der Waals surface area (Å²) in [6, 6.07) is 0.324. The Labute approximate surface area is 82.9 Å². The molecule has 1 N–H and O–H groups in total. The van der Waals surface area contributed by atoms with Gasteiger partial charge in [-0.25, -0.2) is 0 Å². The minimum Gasteiger partial charge on any atom is -0.481 e. The Morgan fingerprint density at radius 3 is 2.71 bits per heavy atom. The summed E-state index contributed by atoms with van der Waals surface area (Å²) in [5, 5.41) is 8.87. The van der Waals surface area contributed by atoms with Crippen molar-refractivity contribution in [3.8, 4) is 0 Å². The van der Waals surface area contributed by atoms with Crippen molar-refractivity contribution in [3.63, 3.8) is 0 Å². The van der Waals surface area contributed by atoms with Crippen molar-refractivity contribution in [1.82, 2.24) is 4.90 Å². The van der Waals surface area contributed by atoms with E-state index >= 15 is 0 Å². The van der Waals surface area contributed by atoms with E-state index in [-0.39, 0.29) is 11.8 Å². The topological polar surface area (TPSA) is 57.6 Å². The number of carbonyl (C=O) groups excluding carboxylic acids is 1. The van der Waals surface area contributed by atoms with E-state index in [2.05, 4.69) is 6.92 Å². The number of carbonyl (C=O) groups is 2. The first-order valence-electron chi connectivity index (χ1n) is 5.12. The van der Waals surface area contributed by atoms with E-state index in [1.165, 1.54) is 0 Å². The van der Waals surface area contributed by atoms with Crippen LogP contribution in [0.25, 0.3) is 0 Å². The largest absolute Gasteiger partial charge is 0.481 e. The molecule has 0 aromatic carbocycles. The summed E-state index contributed by atoms with van der Waals surface area (Å²) in [7, 11) is 0. The highest BCUT2D eigenvalue weighted by atomic mass is 16.4. The highest BCUT2D eigenvalue weighted by molar-refractivity contribution is 5.81. The van der Waals surface area contributed by atoms with Gasteiger partial charge in [0.05, 0.1) is 5.92 Å². The van der Waals surface area contributed by atoms with Gasteiger partial charge in [0.1, 0.15) is 0 Å². The lowest BCUT2D eigenvalue weighted by molar-refractivity contribution is -0.147. The van der Waals surface area contributed by atoms with Gasteiger partial charge in [-0.2, -0.15) is 0 Å². The molecule has 0 aromatic heterocycles. The van der Waals surface area contributed by atoms with Gasteiger partial charge in [-0.3, -0.25) is 9.59 Å². The van der Waals surface area contributed by atoms with Crippen LogP contribution in [0.4, 0.5) is 0 Å². The van der Waals surface area contributed by atoms with E-state index in [0.29, 0.717) is 31.3 Å². The fourth-order valence-corrected chi connectivity index (χ4v) is 2.13. The fraction of sp³-hybridized carbons (Fsp3) is 0.800. The Morgan fingerprint density at radius 2 is 2.21 bits per heavy atom. The Bertz CT molecular complexity index is 277. The Morgan fingerprint density at radius 1 is 1.57 bits per heavy atom. The lowest BCUT2D eigenvalue weighted by Gasteiger charge is -2.31. The molecule has 0 radical (unpaired) electrons. The van der Waals surface area contributed by atoms with Crippen LogP contribution in [0.1, 0.15) is 26.2 Å². The second kappa shape index (κ2) is 3.26. The van der Waals surface area contributed by atoms with Crippen LogP contribution in [0, 0.1) is 11.8 Å². The lowest BCUT2D eigenvalue weighted by atomic mass is 9.97. The Kier molecular flexibility index (Phi) is 2.21. The molecule has 78 valence electrons. The average molecular weight is 197 g/mol. The molecule has 0 spiro atoms. The molecule has 1 saturated carbocycles. The van der Waals surface area contributed by atoms with Gasteiger partial charge in [-0.15, -0.1) is 0 Å². The third-order valence-corrected chi connectivity index (χ3v) is 3.26. The molecule has 1 aliphatic carbocycles. The van der Waals surface area contributed by atoms with Crippen LogP contribution in [-0.4, -0.2) is 34.5 Å². The summed E-state index contributed by atoms with van der Waals surface area (Å²) in [6.07, 6.45) is 1.95. The Hall–Kier alpha value is -1.06. The van der Waals surface area contributed by atoms with Crippen molar-refractivity contribution in [3.05, 3.63) is 0 Å². The molecule has 1 saturated heterocycles. The van der Waals surface area contributed by atoms with Crippen LogP contribution in [0.15, 0.2) is 0 Å². The molecule has 2 fully saturated rings. The molecule has 1 amide bonds. The molecule has 0 bridgehead atoms. The van der Waals surface area contributed by atoms with E-state index < -0.39 is 5.97 Å². The van der Waals surface area contributed by atoms with Gasteiger partial charge < -0.3 is 10.0 Å². The first kappa shape index (κ1) is 9.49. The van der Waals surface area contributed by atoms with Gasteiger partial charge >= 0.3 is 5.97 Å². The zero-order valence-corrected chi connectivity index (χ0v) is 8.27. The van der Waals surface area contributed by atoms with Crippen LogP contribution in [0.2, 0.25) is 0 Å². The van der Waals surface area contributed by atoms with Crippen molar-refractivity contribution in [2.24, 2.45) is 11.8 Å². The third-order valence-electron chi connectivity index (χ3n) is 3.26. The number of hydrogen-bond donors (Lipinski definition) is 1. The third kappa shape index (κ3) is 1.61. The summed E-state index contributed by atoms with van der Waals surface area (Å²) in [5.41, 5.74) is 0. The van der Waals surface area contributed by atoms with Crippen molar-refractivity contribution in [2.45, 2.75) is 32.2 Å². The van der Waals surface area contributed by atoms with Gasteiger partial charge in [0.2, 0.25) is 5.91 Å². The first-order valence-corrected chi connectivity index (χ1v) is 5.12. The monoisotopic (exact) mass is 197 g/mol. The molecule has 3 atom stereocenters. The minimum absolute atomic E-state index is 0.136. The number of hydrogen-bond acceptors (Lipinski definition) is 2. The highest BCUT2D eigenvalue weighted by Gasteiger charge is 2.43. The zero-order valence-electron chi connectivity index (χ0n) is 8.27. The second-order valence-electron chi connectivity index (χ2n) is 4.40. The summed E-state index contributed by atoms with van der Waals surface area (Å²) >= 11 is 0. The van der Waals surface area contributed by atoms with E-state index in [1.807, 2.05) is 0 Å². The summed E-state index contributed by atoms with van der Waals surface area (Å²) in [4.78, 5) is 24.1. The van der Waals surface area contributed by atoms with Gasteiger partial charge in [0, 0.05) is 19.0 Å². The standard InChI is InChI=1S/C10H15NO3/c1-6-4-8(6)11-5-7(10(13)14)2-3-9(11)12/h6-8H,2-5H2,1H3,(H,13,14). The number of nitrogens with zero attached hydrogens (tertiary/aromatic N) is 1. The number of carboxylic acids is 1. The molecule has 4 heteroatoms.